The largest absolute Gasteiger partial charge is 0.348 e. The number of aromatic amines is 1. The Kier molecular flexibility index (Phi) is 3.69. The van der Waals surface area contributed by atoms with E-state index < -0.39 is 6.04 Å². The Morgan fingerprint density at radius 1 is 1.44 bits per heavy atom. The van der Waals surface area contributed by atoms with Crippen molar-refractivity contribution in [3.05, 3.63) is 48.3 Å². The number of nitrogens with two attached hydrogens (primary N) is 1. The lowest BCUT2D eigenvalue weighted by atomic mass is 10.1. The average molecular weight is 248 g/mol. The highest BCUT2D eigenvalue weighted by Gasteiger charge is 2.14. The predicted octanol–water partition coefficient (Wildman–Crippen LogP) is 1.06. The summed E-state index contributed by atoms with van der Waals surface area (Å²) < 4.78 is 12.7. The fourth-order valence-corrected chi connectivity index (χ4v) is 1.49. The Hall–Kier alpha value is -2.21. The zero-order valence-corrected chi connectivity index (χ0v) is 9.56. The molecule has 6 heteroatoms. The average Bonchev–Trinajstić information content (AvgIpc) is 2.85. The molecule has 0 unspecified atom stereocenters. The van der Waals surface area contributed by atoms with Gasteiger partial charge in [-0.2, -0.15) is 0 Å². The van der Waals surface area contributed by atoms with Gasteiger partial charge in [0.05, 0.1) is 12.4 Å². The highest BCUT2D eigenvalue weighted by molar-refractivity contribution is 5.94. The molecule has 5 nitrogen and oxygen atoms in total. The number of amides is 1. The van der Waals surface area contributed by atoms with Gasteiger partial charge in [0.25, 0.3) is 0 Å². The topological polar surface area (TPSA) is 83.8 Å². The van der Waals surface area contributed by atoms with Gasteiger partial charge in [-0.3, -0.25) is 4.79 Å². The third kappa shape index (κ3) is 3.14. The fourth-order valence-electron chi connectivity index (χ4n) is 1.49. The maximum Gasteiger partial charge on any atom is 0.241 e. The molecule has 0 saturated carbocycles. The van der Waals surface area contributed by atoms with Gasteiger partial charge in [-0.05, 0) is 24.3 Å². The van der Waals surface area contributed by atoms with Gasteiger partial charge in [-0.25, -0.2) is 9.37 Å². The van der Waals surface area contributed by atoms with Crippen molar-refractivity contribution in [1.29, 1.82) is 0 Å². The molecule has 1 amide bonds. The number of hydrogen-bond acceptors (Lipinski definition) is 3. The van der Waals surface area contributed by atoms with Crippen LogP contribution >= 0.6 is 0 Å². The number of rotatable bonds is 4. The van der Waals surface area contributed by atoms with Crippen LogP contribution in [0.2, 0.25) is 0 Å². The van der Waals surface area contributed by atoms with Crippen LogP contribution in [0.1, 0.15) is 5.69 Å². The molecule has 0 bridgehead atoms. The van der Waals surface area contributed by atoms with E-state index in [1.54, 1.807) is 6.20 Å². The minimum Gasteiger partial charge on any atom is -0.348 e. The molecule has 4 N–H and O–H groups in total. The first-order valence-corrected chi connectivity index (χ1v) is 5.44. The van der Waals surface area contributed by atoms with Crippen LogP contribution in [0, 0.1) is 5.82 Å². The highest BCUT2D eigenvalue weighted by Crippen LogP contribution is 2.09. The van der Waals surface area contributed by atoms with E-state index in [9.17, 15) is 9.18 Å². The summed E-state index contributed by atoms with van der Waals surface area (Å²) in [5, 5.41) is 2.62. The molecule has 2 aromatic rings. The van der Waals surface area contributed by atoms with Crippen LogP contribution in [-0.4, -0.2) is 21.9 Å². The van der Waals surface area contributed by atoms with E-state index >= 15 is 0 Å². The summed E-state index contributed by atoms with van der Waals surface area (Å²) in [7, 11) is 0. The molecule has 1 aromatic carbocycles. The van der Waals surface area contributed by atoms with Crippen LogP contribution in [0.4, 0.5) is 10.1 Å². The second kappa shape index (κ2) is 5.42. The van der Waals surface area contributed by atoms with Gasteiger partial charge < -0.3 is 16.0 Å². The number of nitrogens with one attached hydrogen (secondary N) is 2. The zero-order valence-electron chi connectivity index (χ0n) is 9.56. The van der Waals surface area contributed by atoms with E-state index in [1.165, 1.54) is 30.6 Å². The molecule has 0 spiro atoms. The van der Waals surface area contributed by atoms with Crippen molar-refractivity contribution in [2.45, 2.75) is 12.5 Å². The van der Waals surface area contributed by atoms with Crippen LogP contribution in [0.5, 0.6) is 0 Å². The molecule has 0 aliphatic carbocycles. The number of aromatic nitrogens is 2. The smallest absolute Gasteiger partial charge is 0.241 e. The van der Waals surface area contributed by atoms with Gasteiger partial charge in [0.2, 0.25) is 5.91 Å². The molecule has 0 saturated heterocycles. The Bertz CT molecular complexity index is 509. The Labute approximate surface area is 103 Å². The van der Waals surface area contributed by atoms with Crippen LogP contribution in [0.25, 0.3) is 0 Å². The van der Waals surface area contributed by atoms with Gasteiger partial charge in [0.15, 0.2) is 0 Å². The van der Waals surface area contributed by atoms with Crippen molar-refractivity contribution >= 4 is 11.6 Å². The second-order valence-electron chi connectivity index (χ2n) is 3.88. The monoisotopic (exact) mass is 248 g/mol. The number of anilines is 1. The predicted molar refractivity (Wildman–Crippen MR) is 65.3 cm³/mol. The zero-order chi connectivity index (χ0) is 13.0. The first-order valence-electron chi connectivity index (χ1n) is 5.44. The molecule has 1 atom stereocenters. The van der Waals surface area contributed by atoms with Crippen molar-refractivity contribution in [1.82, 2.24) is 9.97 Å². The summed E-state index contributed by atoms with van der Waals surface area (Å²) in [6, 6.07) is 4.83. The summed E-state index contributed by atoms with van der Waals surface area (Å²) in [4.78, 5) is 18.5. The lowest BCUT2D eigenvalue weighted by molar-refractivity contribution is -0.117. The molecule has 18 heavy (non-hydrogen) atoms. The fraction of sp³-hybridized carbons (Fsp3) is 0.167. The molecule has 1 heterocycles. The number of H-pyrrole nitrogens is 1. The molecular formula is C12H13FN4O. The van der Waals surface area contributed by atoms with E-state index in [4.69, 9.17) is 5.73 Å². The van der Waals surface area contributed by atoms with Gasteiger partial charge in [-0.1, -0.05) is 0 Å². The quantitative estimate of drug-likeness (QED) is 0.756. The standard InChI is InChI=1S/C12H13FN4O/c13-8-1-3-9(4-2-8)17-12(18)11(14)5-10-6-15-7-16-10/h1-4,6-7,11H,5,14H2,(H,15,16)(H,17,18)/t11-/m0/s1. The van der Waals surface area contributed by atoms with Gasteiger partial charge in [0, 0.05) is 24.0 Å². The lowest BCUT2D eigenvalue weighted by Crippen LogP contribution is -2.37. The van der Waals surface area contributed by atoms with E-state index in [0.717, 1.165) is 5.69 Å². The van der Waals surface area contributed by atoms with Crippen LogP contribution in [0.3, 0.4) is 0 Å². The van der Waals surface area contributed by atoms with E-state index in [-0.39, 0.29) is 11.7 Å². The lowest BCUT2D eigenvalue weighted by Gasteiger charge is -2.11. The number of imidazole rings is 1. The number of halogens is 1. The normalized spacial score (nSPS) is 12.1. The summed E-state index contributed by atoms with van der Waals surface area (Å²) >= 11 is 0. The number of benzene rings is 1. The maximum atomic E-state index is 12.7. The van der Waals surface area contributed by atoms with Crippen molar-refractivity contribution in [2.24, 2.45) is 5.73 Å². The Morgan fingerprint density at radius 2 is 2.17 bits per heavy atom. The first kappa shape index (κ1) is 12.3. The third-order valence-electron chi connectivity index (χ3n) is 2.44. The number of hydrogen-bond donors (Lipinski definition) is 3. The van der Waals surface area contributed by atoms with Crippen LogP contribution in [0.15, 0.2) is 36.8 Å². The molecule has 94 valence electrons. The van der Waals surface area contributed by atoms with Crippen LogP contribution < -0.4 is 11.1 Å². The molecular weight excluding hydrogens is 235 g/mol. The van der Waals surface area contributed by atoms with Gasteiger partial charge >= 0.3 is 0 Å². The molecule has 0 fully saturated rings. The number of nitrogens with zero attached hydrogens (tertiary/aromatic N) is 1. The summed E-state index contributed by atoms with van der Waals surface area (Å²) in [6.07, 6.45) is 3.51. The Balaban J connectivity index is 1.93. The molecule has 0 aliphatic heterocycles. The minimum absolute atomic E-state index is 0.323. The molecule has 0 radical (unpaired) electrons. The summed E-state index contributed by atoms with van der Waals surface area (Å²) in [5.41, 5.74) is 7.06. The van der Waals surface area contributed by atoms with E-state index in [1.807, 2.05) is 0 Å². The van der Waals surface area contributed by atoms with Crippen molar-refractivity contribution in [2.75, 3.05) is 5.32 Å². The van der Waals surface area contributed by atoms with Crippen molar-refractivity contribution < 1.29 is 9.18 Å². The second-order valence-corrected chi connectivity index (χ2v) is 3.88. The first-order chi connectivity index (χ1) is 8.65. The number of carbonyl (C=O) groups is 1. The van der Waals surface area contributed by atoms with Gasteiger partial charge in [0.1, 0.15) is 5.82 Å². The minimum atomic E-state index is -0.685. The van der Waals surface area contributed by atoms with E-state index in [0.29, 0.717) is 12.1 Å². The summed E-state index contributed by atoms with van der Waals surface area (Å²) in [6.45, 7) is 0. The summed E-state index contributed by atoms with van der Waals surface area (Å²) in [5.74, 6) is -0.675. The maximum absolute atomic E-state index is 12.7. The third-order valence-corrected chi connectivity index (χ3v) is 2.44. The molecule has 1 aromatic heterocycles. The van der Waals surface area contributed by atoms with E-state index in [2.05, 4.69) is 15.3 Å². The SMILES string of the molecule is N[C@@H](Cc1cnc[nH]1)C(=O)Nc1ccc(F)cc1. The number of carbonyl (C=O) groups excluding carboxylic acids is 1. The molecule has 2 rings (SSSR count). The van der Waals surface area contributed by atoms with Crippen molar-refractivity contribution in [3.8, 4) is 0 Å². The highest BCUT2D eigenvalue weighted by atomic mass is 19.1. The van der Waals surface area contributed by atoms with Crippen LogP contribution in [-0.2, 0) is 11.2 Å². The van der Waals surface area contributed by atoms with Crippen molar-refractivity contribution in [3.63, 3.8) is 0 Å². The van der Waals surface area contributed by atoms with Gasteiger partial charge in [-0.15, -0.1) is 0 Å². The Morgan fingerprint density at radius 3 is 2.78 bits per heavy atom. The molecule has 0 aliphatic rings.